The maximum Gasteiger partial charge on any atom is 0.227 e. The van der Waals surface area contributed by atoms with Gasteiger partial charge in [0.15, 0.2) is 5.58 Å². The summed E-state index contributed by atoms with van der Waals surface area (Å²) in [6.07, 6.45) is 0. The summed E-state index contributed by atoms with van der Waals surface area (Å²) in [6.45, 7) is 0. The van der Waals surface area contributed by atoms with Gasteiger partial charge in [0, 0.05) is 14.5 Å². The van der Waals surface area contributed by atoms with E-state index in [1.54, 1.807) is 0 Å². The van der Waals surface area contributed by atoms with Gasteiger partial charge in [-0.25, -0.2) is 4.98 Å². The Bertz CT molecular complexity index is 1070. The zero-order valence-corrected chi connectivity index (χ0v) is 16.4. The SMILES string of the molecule is Nc1c(Br)cc2oc(-c3cccc4c(Br)cccc34)nc2c1Br. The highest BCUT2D eigenvalue weighted by Crippen LogP contribution is 2.39. The number of anilines is 1. The standard InChI is InChI=1S/C17H9Br3N2O/c18-11-6-2-3-8-9(11)4-1-5-10(8)17-22-16-13(23-17)7-12(19)15(21)14(16)20/h1-7H,21H2. The lowest BCUT2D eigenvalue weighted by atomic mass is 10.0. The van der Waals surface area contributed by atoms with Crippen LogP contribution in [0.3, 0.4) is 0 Å². The maximum atomic E-state index is 6.02. The Morgan fingerprint density at radius 3 is 2.48 bits per heavy atom. The quantitative estimate of drug-likeness (QED) is 0.305. The van der Waals surface area contributed by atoms with E-state index >= 15 is 0 Å². The number of benzene rings is 3. The third kappa shape index (κ3) is 2.40. The molecule has 0 atom stereocenters. The van der Waals surface area contributed by atoms with Crippen LogP contribution < -0.4 is 5.73 Å². The van der Waals surface area contributed by atoms with Crippen LogP contribution in [-0.2, 0) is 0 Å². The number of halogens is 3. The summed E-state index contributed by atoms with van der Waals surface area (Å²) in [4.78, 5) is 4.63. The van der Waals surface area contributed by atoms with Crippen molar-refractivity contribution in [1.82, 2.24) is 4.98 Å². The molecular weight excluding hydrogens is 488 g/mol. The van der Waals surface area contributed by atoms with E-state index in [4.69, 9.17) is 10.2 Å². The normalized spacial score (nSPS) is 11.4. The third-order valence-electron chi connectivity index (χ3n) is 3.71. The van der Waals surface area contributed by atoms with Gasteiger partial charge in [-0.15, -0.1) is 0 Å². The Kier molecular flexibility index (Phi) is 3.70. The van der Waals surface area contributed by atoms with E-state index in [0.29, 0.717) is 22.7 Å². The van der Waals surface area contributed by atoms with E-state index in [1.807, 2.05) is 30.3 Å². The molecule has 6 heteroatoms. The molecule has 0 fully saturated rings. The molecule has 23 heavy (non-hydrogen) atoms. The average molecular weight is 497 g/mol. The second-order valence-electron chi connectivity index (χ2n) is 5.09. The van der Waals surface area contributed by atoms with E-state index < -0.39 is 0 Å². The van der Waals surface area contributed by atoms with Crippen molar-refractivity contribution in [2.45, 2.75) is 0 Å². The van der Waals surface area contributed by atoms with Crippen molar-refractivity contribution < 1.29 is 4.42 Å². The predicted octanol–water partition coefficient (Wildman–Crippen LogP) is 6.52. The van der Waals surface area contributed by atoms with Crippen molar-refractivity contribution in [3.05, 3.63) is 55.9 Å². The number of hydrogen-bond donors (Lipinski definition) is 1. The fourth-order valence-electron chi connectivity index (χ4n) is 2.59. The number of aromatic nitrogens is 1. The van der Waals surface area contributed by atoms with Crippen LogP contribution in [0, 0.1) is 0 Å². The Hall–Kier alpha value is -1.37. The Labute approximate surface area is 157 Å². The average Bonchev–Trinajstić information content (AvgIpc) is 2.96. The van der Waals surface area contributed by atoms with E-state index in [-0.39, 0.29) is 0 Å². The molecule has 4 rings (SSSR count). The summed E-state index contributed by atoms with van der Waals surface area (Å²) in [5, 5.41) is 2.20. The van der Waals surface area contributed by atoms with Gasteiger partial charge in [-0.05, 0) is 60.8 Å². The lowest BCUT2D eigenvalue weighted by Gasteiger charge is -2.04. The first-order valence-corrected chi connectivity index (χ1v) is 9.16. The first-order chi connectivity index (χ1) is 11.1. The van der Waals surface area contributed by atoms with Gasteiger partial charge < -0.3 is 10.2 Å². The summed E-state index contributed by atoms with van der Waals surface area (Å²) in [6, 6.07) is 14.0. The Balaban J connectivity index is 2.04. The van der Waals surface area contributed by atoms with Crippen LogP contribution in [0.15, 0.2) is 60.3 Å². The zero-order chi connectivity index (χ0) is 16.1. The molecule has 0 amide bonds. The minimum absolute atomic E-state index is 0.571. The number of oxazole rings is 1. The topological polar surface area (TPSA) is 52.0 Å². The van der Waals surface area contributed by atoms with Crippen LogP contribution in [0.5, 0.6) is 0 Å². The molecule has 0 saturated heterocycles. The molecule has 0 aliphatic rings. The lowest BCUT2D eigenvalue weighted by molar-refractivity contribution is 0.620. The number of nitrogens with zero attached hydrogens (tertiary/aromatic N) is 1. The minimum atomic E-state index is 0.571. The van der Waals surface area contributed by atoms with Crippen LogP contribution in [0.1, 0.15) is 0 Å². The number of fused-ring (bicyclic) bond motifs is 2. The molecule has 0 spiro atoms. The van der Waals surface area contributed by atoms with E-state index in [2.05, 4.69) is 64.9 Å². The van der Waals surface area contributed by atoms with Gasteiger partial charge in [0.1, 0.15) is 5.52 Å². The molecule has 1 heterocycles. The Morgan fingerprint density at radius 2 is 1.65 bits per heavy atom. The van der Waals surface area contributed by atoms with Crippen molar-refractivity contribution in [2.24, 2.45) is 0 Å². The van der Waals surface area contributed by atoms with Crippen molar-refractivity contribution in [2.75, 3.05) is 5.73 Å². The van der Waals surface area contributed by atoms with Crippen LogP contribution >= 0.6 is 47.8 Å². The van der Waals surface area contributed by atoms with Crippen molar-refractivity contribution >= 4 is 75.3 Å². The third-order valence-corrected chi connectivity index (χ3v) is 5.86. The highest BCUT2D eigenvalue weighted by Gasteiger charge is 2.16. The molecule has 4 aromatic rings. The Morgan fingerprint density at radius 1 is 0.913 bits per heavy atom. The lowest BCUT2D eigenvalue weighted by Crippen LogP contribution is -1.89. The molecular formula is C17H9Br3N2O. The molecule has 0 unspecified atom stereocenters. The number of nitrogens with two attached hydrogens (primary N) is 1. The second-order valence-corrected chi connectivity index (χ2v) is 7.59. The predicted molar refractivity (Wildman–Crippen MR) is 104 cm³/mol. The van der Waals surface area contributed by atoms with E-state index in [9.17, 15) is 0 Å². The summed E-state index contributed by atoms with van der Waals surface area (Å²) in [7, 11) is 0. The molecule has 1 aromatic heterocycles. The van der Waals surface area contributed by atoms with Crippen LogP contribution in [-0.4, -0.2) is 4.98 Å². The van der Waals surface area contributed by atoms with Gasteiger partial charge in [0.2, 0.25) is 5.89 Å². The first-order valence-electron chi connectivity index (χ1n) is 6.78. The smallest absolute Gasteiger partial charge is 0.227 e. The molecule has 3 nitrogen and oxygen atoms in total. The number of hydrogen-bond acceptors (Lipinski definition) is 3. The molecule has 0 aliphatic carbocycles. The summed E-state index contributed by atoms with van der Waals surface area (Å²) in [5.41, 5.74) is 8.98. The van der Waals surface area contributed by atoms with Gasteiger partial charge in [0.25, 0.3) is 0 Å². The number of rotatable bonds is 1. The fraction of sp³-hybridized carbons (Fsp3) is 0. The summed E-state index contributed by atoms with van der Waals surface area (Å²) in [5.74, 6) is 0.571. The molecule has 0 aliphatic heterocycles. The van der Waals surface area contributed by atoms with Crippen LogP contribution in [0.25, 0.3) is 33.3 Å². The molecule has 3 aromatic carbocycles. The van der Waals surface area contributed by atoms with Crippen LogP contribution in [0.2, 0.25) is 0 Å². The van der Waals surface area contributed by atoms with Crippen molar-refractivity contribution in [3.63, 3.8) is 0 Å². The molecule has 0 radical (unpaired) electrons. The zero-order valence-electron chi connectivity index (χ0n) is 11.6. The monoisotopic (exact) mass is 494 g/mol. The molecule has 0 saturated carbocycles. The van der Waals surface area contributed by atoms with Gasteiger partial charge in [0.05, 0.1) is 10.2 Å². The molecule has 2 N–H and O–H groups in total. The van der Waals surface area contributed by atoms with Gasteiger partial charge in [-0.2, -0.15) is 0 Å². The summed E-state index contributed by atoms with van der Waals surface area (Å²) >= 11 is 10.5. The van der Waals surface area contributed by atoms with Gasteiger partial charge in [-0.1, -0.05) is 40.2 Å². The van der Waals surface area contributed by atoms with E-state index in [1.165, 1.54) is 0 Å². The largest absolute Gasteiger partial charge is 0.436 e. The number of nitrogen functional groups attached to an aromatic ring is 1. The highest BCUT2D eigenvalue weighted by atomic mass is 79.9. The van der Waals surface area contributed by atoms with Gasteiger partial charge in [-0.3, -0.25) is 0 Å². The minimum Gasteiger partial charge on any atom is -0.436 e. The van der Waals surface area contributed by atoms with Crippen LogP contribution in [0.4, 0.5) is 5.69 Å². The highest BCUT2D eigenvalue weighted by molar-refractivity contribution is 9.11. The van der Waals surface area contributed by atoms with Crippen molar-refractivity contribution in [1.29, 1.82) is 0 Å². The maximum absolute atomic E-state index is 6.02. The first kappa shape index (κ1) is 15.2. The van der Waals surface area contributed by atoms with Crippen molar-refractivity contribution in [3.8, 4) is 11.5 Å². The molecule has 114 valence electrons. The van der Waals surface area contributed by atoms with E-state index in [0.717, 1.165) is 29.8 Å². The molecule has 0 bridgehead atoms. The fourth-order valence-corrected chi connectivity index (χ4v) is 4.25. The summed E-state index contributed by atoms with van der Waals surface area (Å²) < 4.78 is 8.53. The van der Waals surface area contributed by atoms with Gasteiger partial charge >= 0.3 is 0 Å². The second kappa shape index (κ2) is 5.61.